The molecule has 0 aromatic rings. The second-order valence-electron chi connectivity index (χ2n) is 4.01. The van der Waals surface area contributed by atoms with E-state index in [-0.39, 0.29) is 12.8 Å². The molecular formula is C13H21FO6. The molecule has 0 rings (SSSR count). The van der Waals surface area contributed by atoms with Gasteiger partial charge in [0.2, 0.25) is 0 Å². The molecule has 0 amide bonds. The Kier molecular flexibility index (Phi) is 15.4. The zero-order valence-electron chi connectivity index (χ0n) is 11.3. The predicted molar refractivity (Wildman–Crippen MR) is 69.6 cm³/mol. The van der Waals surface area contributed by atoms with Crippen LogP contribution in [0.5, 0.6) is 0 Å². The molecule has 0 atom stereocenters. The molecule has 0 heterocycles. The zero-order valence-corrected chi connectivity index (χ0v) is 11.3. The predicted octanol–water partition coefficient (Wildman–Crippen LogP) is 2.88. The Hall–Kier alpha value is -1.92. The molecule has 0 saturated carbocycles. The summed E-state index contributed by atoms with van der Waals surface area (Å²) in [5.74, 6) is -2.56. The number of hydrogen-bond donors (Lipinski definition) is 2. The number of halogens is 1. The number of rotatable bonds is 10. The molecule has 0 bridgehead atoms. The van der Waals surface area contributed by atoms with Gasteiger partial charge in [-0.05, 0) is 12.8 Å². The molecule has 0 aromatic carbocycles. The second kappa shape index (κ2) is 15.1. The fourth-order valence-electron chi connectivity index (χ4n) is 1.29. The lowest BCUT2D eigenvalue weighted by atomic mass is 10.1. The topological polar surface area (TPSA) is 101 Å². The van der Waals surface area contributed by atoms with E-state index in [2.05, 4.69) is 11.5 Å². The molecule has 0 saturated heterocycles. The highest BCUT2D eigenvalue weighted by atomic mass is 19.3. The van der Waals surface area contributed by atoms with Gasteiger partial charge in [0.25, 0.3) is 0 Å². The summed E-state index contributed by atoms with van der Waals surface area (Å²) in [6, 6.07) is 0. The minimum absolute atomic E-state index is 0.117. The van der Waals surface area contributed by atoms with Crippen molar-refractivity contribution in [1.29, 1.82) is 0 Å². The highest BCUT2D eigenvalue weighted by molar-refractivity contribution is 5.78. The molecule has 116 valence electrons. The normalized spacial score (nSPS) is 9.05. The van der Waals surface area contributed by atoms with Gasteiger partial charge in [-0.1, -0.05) is 32.3 Å². The van der Waals surface area contributed by atoms with Crippen LogP contribution in [-0.4, -0.2) is 28.1 Å². The van der Waals surface area contributed by atoms with Crippen molar-refractivity contribution in [3.05, 3.63) is 12.7 Å². The van der Waals surface area contributed by atoms with Crippen LogP contribution in [0.25, 0.3) is 0 Å². The van der Waals surface area contributed by atoms with E-state index in [1.807, 2.05) is 0 Å². The molecule has 0 spiro atoms. The molecule has 0 aliphatic carbocycles. The van der Waals surface area contributed by atoms with Crippen LogP contribution in [0, 0.1) is 0 Å². The van der Waals surface area contributed by atoms with Crippen LogP contribution in [0.1, 0.15) is 51.4 Å². The third kappa shape index (κ3) is 21.4. The highest BCUT2D eigenvalue weighted by Gasteiger charge is 2.02. The van der Waals surface area contributed by atoms with Crippen molar-refractivity contribution in [2.24, 2.45) is 0 Å². The molecule has 0 aliphatic heterocycles. The van der Waals surface area contributed by atoms with Gasteiger partial charge in [-0.2, -0.15) is 0 Å². The molecule has 7 heteroatoms. The lowest BCUT2D eigenvalue weighted by Gasteiger charge is -1.99. The first kappa shape index (κ1) is 20.4. The van der Waals surface area contributed by atoms with Crippen LogP contribution in [0.15, 0.2) is 12.7 Å². The summed E-state index contributed by atoms with van der Waals surface area (Å²) >= 11 is 0. The molecule has 0 aromatic heterocycles. The molecular weight excluding hydrogens is 271 g/mol. The Labute approximate surface area is 117 Å². The summed E-state index contributed by atoms with van der Waals surface area (Å²) in [5, 5.41) is 16.0. The van der Waals surface area contributed by atoms with Gasteiger partial charge in [0.05, 0.1) is 0 Å². The van der Waals surface area contributed by atoms with Crippen molar-refractivity contribution in [2.75, 3.05) is 0 Å². The van der Waals surface area contributed by atoms with E-state index in [9.17, 15) is 18.9 Å². The first-order valence-corrected chi connectivity index (χ1v) is 6.32. The number of carboxylic acid groups (broad SMARTS) is 2. The summed E-state index contributed by atoms with van der Waals surface area (Å²) in [7, 11) is 0. The molecule has 6 nitrogen and oxygen atoms in total. The van der Waals surface area contributed by atoms with Crippen LogP contribution in [0.3, 0.4) is 0 Å². The summed E-state index contributed by atoms with van der Waals surface area (Å²) in [6.07, 6.45) is 6.13. The molecule has 0 unspecified atom stereocenters. The van der Waals surface area contributed by atoms with Gasteiger partial charge in [-0.3, -0.25) is 9.74 Å². The highest BCUT2D eigenvalue weighted by Crippen LogP contribution is 2.08. The van der Waals surface area contributed by atoms with Crippen molar-refractivity contribution in [1.82, 2.24) is 0 Å². The van der Waals surface area contributed by atoms with Gasteiger partial charge < -0.3 is 10.2 Å². The summed E-state index contributed by atoms with van der Waals surface area (Å²) in [4.78, 5) is 32.8. The van der Waals surface area contributed by atoms with Gasteiger partial charge in [-0.15, -0.1) is 0 Å². The Morgan fingerprint density at radius 2 is 1.35 bits per heavy atom. The third-order valence-corrected chi connectivity index (χ3v) is 2.28. The van der Waals surface area contributed by atoms with E-state index in [4.69, 9.17) is 10.2 Å². The van der Waals surface area contributed by atoms with Crippen LogP contribution >= 0.6 is 0 Å². The summed E-state index contributed by atoms with van der Waals surface area (Å²) in [5.41, 5.74) is 0. The molecule has 0 fully saturated rings. The number of hydrogen-bond acceptors (Lipinski definition) is 4. The Morgan fingerprint density at radius 1 is 0.950 bits per heavy atom. The van der Waals surface area contributed by atoms with Crippen molar-refractivity contribution in [2.45, 2.75) is 51.4 Å². The monoisotopic (exact) mass is 292 g/mol. The fourth-order valence-corrected chi connectivity index (χ4v) is 1.29. The third-order valence-electron chi connectivity index (χ3n) is 2.28. The van der Waals surface area contributed by atoms with Crippen LogP contribution in [-0.2, 0) is 19.3 Å². The van der Waals surface area contributed by atoms with Crippen LogP contribution < -0.4 is 0 Å². The molecule has 20 heavy (non-hydrogen) atoms. The minimum Gasteiger partial charge on any atom is -0.481 e. The average Bonchev–Trinajstić information content (AvgIpc) is 2.41. The zero-order chi connectivity index (χ0) is 15.8. The lowest BCUT2D eigenvalue weighted by molar-refractivity contribution is -0.183. The number of aliphatic carboxylic acids is 2. The average molecular weight is 292 g/mol. The largest absolute Gasteiger partial charge is 0.481 e. The van der Waals surface area contributed by atoms with Crippen LogP contribution in [0.4, 0.5) is 4.53 Å². The van der Waals surface area contributed by atoms with E-state index in [1.54, 1.807) is 0 Å². The number of carboxylic acids is 2. The maximum absolute atomic E-state index is 11.2. The number of carbonyl (C=O) groups excluding carboxylic acids is 1. The van der Waals surface area contributed by atoms with Crippen molar-refractivity contribution in [3.8, 4) is 0 Å². The summed E-state index contributed by atoms with van der Waals surface area (Å²) < 4.78 is 11.2. The van der Waals surface area contributed by atoms with E-state index < -0.39 is 17.9 Å². The first-order chi connectivity index (χ1) is 9.43. The minimum atomic E-state index is -0.981. The van der Waals surface area contributed by atoms with Crippen molar-refractivity contribution >= 4 is 17.9 Å². The Bertz CT molecular complexity index is 303. The lowest BCUT2D eigenvalue weighted by Crippen LogP contribution is -1.96. The van der Waals surface area contributed by atoms with Gasteiger partial charge in [0, 0.05) is 23.4 Å². The molecule has 2 N–H and O–H groups in total. The van der Waals surface area contributed by atoms with Crippen molar-refractivity contribution in [3.63, 3.8) is 0 Å². The van der Waals surface area contributed by atoms with E-state index in [0.29, 0.717) is 12.8 Å². The number of carbonyl (C=O) groups is 3. The smallest absolute Gasteiger partial charge is 0.348 e. The van der Waals surface area contributed by atoms with Gasteiger partial charge >= 0.3 is 17.9 Å². The first-order valence-electron chi connectivity index (χ1n) is 6.32. The maximum atomic E-state index is 11.2. The molecule has 0 aliphatic rings. The van der Waals surface area contributed by atoms with Gasteiger partial charge in [0.1, 0.15) is 0 Å². The van der Waals surface area contributed by atoms with Gasteiger partial charge in [-0.25, -0.2) is 9.59 Å². The van der Waals surface area contributed by atoms with Crippen LogP contribution in [0.2, 0.25) is 0 Å². The van der Waals surface area contributed by atoms with Crippen molar-refractivity contribution < 1.29 is 34.1 Å². The molecule has 0 radical (unpaired) electrons. The SMILES string of the molecule is C=CC(=O)O.O=C(O)CCCCCCCCC(=O)OF. The quantitative estimate of drug-likeness (QED) is 0.474. The van der Waals surface area contributed by atoms with E-state index in [1.165, 1.54) is 0 Å². The summed E-state index contributed by atoms with van der Waals surface area (Å²) in [6.45, 7) is 2.96. The Balaban J connectivity index is 0. The fraction of sp³-hybridized carbons (Fsp3) is 0.615. The Morgan fingerprint density at radius 3 is 1.70 bits per heavy atom. The standard InChI is InChI=1S/C10H17FO4.C3H4O2/c11-15-10(14)8-6-4-2-1-3-5-7-9(12)13;1-2-3(4)5/h1-8H2,(H,12,13);2H,1H2,(H,4,5). The second-order valence-corrected chi connectivity index (χ2v) is 4.01. The number of unbranched alkanes of at least 4 members (excludes halogenated alkanes) is 5. The van der Waals surface area contributed by atoms with E-state index in [0.717, 1.165) is 31.8 Å². The van der Waals surface area contributed by atoms with E-state index >= 15 is 0 Å². The maximum Gasteiger partial charge on any atom is 0.348 e. The van der Waals surface area contributed by atoms with Gasteiger partial charge in [0.15, 0.2) is 0 Å².